The van der Waals surface area contributed by atoms with Gasteiger partial charge in [0.15, 0.2) is 0 Å². The largest absolute Gasteiger partial charge is 0.383 e. The molecule has 1 aromatic heterocycles. The SMILES string of the molecule is O=C(Nc1ccc(F)cn1)C(O)C1CCC1. The van der Waals surface area contributed by atoms with Gasteiger partial charge in [0.2, 0.25) is 0 Å². The van der Waals surface area contributed by atoms with Crippen molar-refractivity contribution in [3.63, 3.8) is 0 Å². The maximum absolute atomic E-state index is 12.6. The van der Waals surface area contributed by atoms with Crippen molar-refractivity contribution in [2.45, 2.75) is 25.4 Å². The molecule has 1 atom stereocenters. The van der Waals surface area contributed by atoms with Gasteiger partial charge >= 0.3 is 0 Å². The number of amides is 1. The molecule has 1 aromatic rings. The lowest BCUT2D eigenvalue weighted by Gasteiger charge is -2.29. The summed E-state index contributed by atoms with van der Waals surface area (Å²) in [7, 11) is 0. The molecule has 0 bridgehead atoms. The number of carbonyl (C=O) groups is 1. The van der Waals surface area contributed by atoms with Crippen molar-refractivity contribution in [2.24, 2.45) is 5.92 Å². The van der Waals surface area contributed by atoms with Crippen molar-refractivity contribution in [1.82, 2.24) is 4.98 Å². The third kappa shape index (κ3) is 2.36. The number of nitrogens with one attached hydrogen (secondary N) is 1. The number of halogens is 1. The highest BCUT2D eigenvalue weighted by atomic mass is 19.1. The van der Waals surface area contributed by atoms with Crippen molar-refractivity contribution >= 4 is 11.7 Å². The molecule has 1 fully saturated rings. The van der Waals surface area contributed by atoms with E-state index in [-0.39, 0.29) is 11.7 Å². The third-order valence-electron chi connectivity index (χ3n) is 2.84. The van der Waals surface area contributed by atoms with E-state index in [0.717, 1.165) is 25.5 Å². The van der Waals surface area contributed by atoms with Crippen LogP contribution in [0.3, 0.4) is 0 Å². The monoisotopic (exact) mass is 224 g/mol. The molecule has 2 rings (SSSR count). The van der Waals surface area contributed by atoms with Crippen LogP contribution in [0.25, 0.3) is 0 Å². The summed E-state index contributed by atoms with van der Waals surface area (Å²) in [5, 5.41) is 12.1. The van der Waals surface area contributed by atoms with Crippen LogP contribution < -0.4 is 5.32 Å². The van der Waals surface area contributed by atoms with Crippen LogP contribution in [0.1, 0.15) is 19.3 Å². The van der Waals surface area contributed by atoms with Crippen LogP contribution in [0.2, 0.25) is 0 Å². The average Bonchev–Trinajstić information content (AvgIpc) is 2.19. The number of hydrogen-bond acceptors (Lipinski definition) is 3. The Morgan fingerprint density at radius 1 is 1.56 bits per heavy atom. The molecule has 0 aliphatic heterocycles. The summed E-state index contributed by atoms with van der Waals surface area (Å²) in [6.45, 7) is 0. The molecular weight excluding hydrogens is 211 g/mol. The van der Waals surface area contributed by atoms with E-state index >= 15 is 0 Å². The maximum atomic E-state index is 12.6. The van der Waals surface area contributed by atoms with Crippen molar-refractivity contribution in [1.29, 1.82) is 0 Å². The zero-order chi connectivity index (χ0) is 11.5. The minimum absolute atomic E-state index is 0.0560. The molecule has 1 saturated carbocycles. The van der Waals surface area contributed by atoms with Gasteiger partial charge in [0, 0.05) is 0 Å². The van der Waals surface area contributed by atoms with Gasteiger partial charge < -0.3 is 10.4 Å². The zero-order valence-electron chi connectivity index (χ0n) is 8.69. The second-order valence-corrected chi connectivity index (χ2v) is 3.99. The molecule has 0 aromatic carbocycles. The van der Waals surface area contributed by atoms with Crippen LogP contribution in [0.15, 0.2) is 18.3 Å². The summed E-state index contributed by atoms with van der Waals surface area (Å²) in [6, 6.07) is 2.57. The topological polar surface area (TPSA) is 62.2 Å². The molecule has 0 saturated heterocycles. The lowest BCUT2D eigenvalue weighted by Crippen LogP contribution is -2.37. The molecule has 0 spiro atoms. The van der Waals surface area contributed by atoms with Crippen molar-refractivity contribution in [3.05, 3.63) is 24.1 Å². The van der Waals surface area contributed by atoms with Gasteiger partial charge in [-0.05, 0) is 30.9 Å². The summed E-state index contributed by atoms with van der Waals surface area (Å²) < 4.78 is 12.6. The zero-order valence-corrected chi connectivity index (χ0v) is 8.69. The van der Waals surface area contributed by atoms with Gasteiger partial charge in [0.05, 0.1) is 6.20 Å². The standard InChI is InChI=1S/C11H13FN2O2/c12-8-4-5-9(13-6-8)14-11(16)10(15)7-2-1-3-7/h4-7,10,15H,1-3H2,(H,13,14,16). The Balaban J connectivity index is 1.93. The minimum atomic E-state index is -0.986. The minimum Gasteiger partial charge on any atom is -0.383 e. The van der Waals surface area contributed by atoms with Crippen molar-refractivity contribution < 1.29 is 14.3 Å². The molecule has 1 unspecified atom stereocenters. The quantitative estimate of drug-likeness (QED) is 0.814. The fourth-order valence-corrected chi connectivity index (χ4v) is 1.62. The number of hydrogen-bond donors (Lipinski definition) is 2. The van der Waals surface area contributed by atoms with Gasteiger partial charge in [-0.15, -0.1) is 0 Å². The third-order valence-corrected chi connectivity index (χ3v) is 2.84. The van der Waals surface area contributed by atoms with Crippen LogP contribution in [-0.4, -0.2) is 22.1 Å². The molecule has 1 heterocycles. The van der Waals surface area contributed by atoms with Gasteiger partial charge in [-0.2, -0.15) is 0 Å². The lowest BCUT2D eigenvalue weighted by molar-refractivity contribution is -0.128. The Hall–Kier alpha value is -1.49. The Morgan fingerprint density at radius 2 is 2.31 bits per heavy atom. The number of aliphatic hydroxyl groups is 1. The summed E-state index contributed by atoms with van der Waals surface area (Å²) in [6.07, 6.45) is 2.85. The molecule has 86 valence electrons. The van der Waals surface area contributed by atoms with E-state index < -0.39 is 17.8 Å². The average molecular weight is 224 g/mol. The van der Waals surface area contributed by atoms with E-state index in [1.54, 1.807) is 0 Å². The second kappa shape index (κ2) is 4.57. The molecule has 4 nitrogen and oxygen atoms in total. The van der Waals surface area contributed by atoms with Crippen LogP contribution in [0.5, 0.6) is 0 Å². The molecule has 2 N–H and O–H groups in total. The van der Waals surface area contributed by atoms with E-state index in [2.05, 4.69) is 10.3 Å². The lowest BCUT2D eigenvalue weighted by atomic mass is 9.81. The Labute approximate surface area is 92.5 Å². The number of carbonyl (C=O) groups excluding carboxylic acids is 1. The second-order valence-electron chi connectivity index (χ2n) is 3.99. The normalized spacial score (nSPS) is 17.6. The number of pyridine rings is 1. The van der Waals surface area contributed by atoms with E-state index in [0.29, 0.717) is 0 Å². The van der Waals surface area contributed by atoms with Crippen molar-refractivity contribution in [3.8, 4) is 0 Å². The van der Waals surface area contributed by atoms with Gasteiger partial charge in [-0.25, -0.2) is 9.37 Å². The van der Waals surface area contributed by atoms with E-state index in [4.69, 9.17) is 0 Å². The first-order valence-electron chi connectivity index (χ1n) is 5.27. The fraction of sp³-hybridized carbons (Fsp3) is 0.455. The summed E-state index contributed by atoms with van der Waals surface area (Å²) in [5.41, 5.74) is 0. The first kappa shape index (κ1) is 11.0. The number of anilines is 1. The molecule has 1 amide bonds. The predicted octanol–water partition coefficient (Wildman–Crippen LogP) is 1.32. The van der Waals surface area contributed by atoms with Gasteiger partial charge in [-0.3, -0.25) is 4.79 Å². The van der Waals surface area contributed by atoms with Crippen molar-refractivity contribution in [2.75, 3.05) is 5.32 Å². The van der Waals surface area contributed by atoms with E-state index in [1.165, 1.54) is 12.1 Å². The molecule has 0 radical (unpaired) electrons. The number of aliphatic hydroxyl groups excluding tert-OH is 1. The summed E-state index contributed by atoms with van der Waals surface area (Å²) >= 11 is 0. The van der Waals surface area contributed by atoms with Crippen LogP contribution in [0, 0.1) is 11.7 Å². The van der Waals surface area contributed by atoms with Gasteiger partial charge in [0.25, 0.3) is 5.91 Å². The van der Waals surface area contributed by atoms with Crippen LogP contribution in [-0.2, 0) is 4.79 Å². The molecule has 1 aliphatic rings. The molecule has 5 heteroatoms. The molecular formula is C11H13FN2O2. The number of nitrogens with zero attached hydrogens (tertiary/aromatic N) is 1. The summed E-state index contributed by atoms with van der Waals surface area (Å²) in [5.74, 6) is -0.619. The highest BCUT2D eigenvalue weighted by Crippen LogP contribution is 2.29. The first-order valence-corrected chi connectivity index (χ1v) is 5.27. The Kier molecular flexibility index (Phi) is 3.14. The Bertz CT molecular complexity index is 376. The molecule has 1 aliphatic carbocycles. The number of rotatable bonds is 3. The van der Waals surface area contributed by atoms with Gasteiger partial charge in [-0.1, -0.05) is 6.42 Å². The smallest absolute Gasteiger partial charge is 0.254 e. The molecule has 16 heavy (non-hydrogen) atoms. The summed E-state index contributed by atoms with van der Waals surface area (Å²) in [4.78, 5) is 15.2. The van der Waals surface area contributed by atoms with Gasteiger partial charge in [0.1, 0.15) is 17.7 Å². The fourth-order valence-electron chi connectivity index (χ4n) is 1.62. The van der Waals surface area contributed by atoms with E-state index in [1.807, 2.05) is 0 Å². The predicted molar refractivity (Wildman–Crippen MR) is 56.2 cm³/mol. The Morgan fingerprint density at radius 3 is 2.81 bits per heavy atom. The first-order chi connectivity index (χ1) is 7.66. The maximum Gasteiger partial charge on any atom is 0.254 e. The van der Waals surface area contributed by atoms with Crippen LogP contribution >= 0.6 is 0 Å². The number of aromatic nitrogens is 1. The van der Waals surface area contributed by atoms with Crippen LogP contribution in [0.4, 0.5) is 10.2 Å². The highest BCUT2D eigenvalue weighted by Gasteiger charge is 2.30. The van der Waals surface area contributed by atoms with E-state index in [9.17, 15) is 14.3 Å². The highest BCUT2D eigenvalue weighted by molar-refractivity contribution is 5.93.